The van der Waals surface area contributed by atoms with E-state index in [9.17, 15) is 26.4 Å². The molecule has 0 atom stereocenters. The van der Waals surface area contributed by atoms with Crippen molar-refractivity contribution in [3.8, 4) is 0 Å². The number of halogens is 3. The topological polar surface area (TPSA) is 101 Å². The van der Waals surface area contributed by atoms with Crippen LogP contribution in [0.3, 0.4) is 0 Å². The van der Waals surface area contributed by atoms with Crippen molar-refractivity contribution in [3.05, 3.63) is 70.8 Å². The Kier molecular flexibility index (Phi) is 6.19. The Labute approximate surface area is 174 Å². The number of aryl methyl sites for hydroxylation is 1. The van der Waals surface area contributed by atoms with Crippen LogP contribution >= 0.6 is 11.3 Å². The van der Waals surface area contributed by atoms with Crippen LogP contribution in [0.1, 0.15) is 27.0 Å². The summed E-state index contributed by atoms with van der Waals surface area (Å²) >= 11 is 0.625. The first-order valence-corrected chi connectivity index (χ1v) is 10.7. The molecule has 2 N–H and O–H groups in total. The number of hydrogen-bond acceptors (Lipinski definition) is 6. The zero-order chi connectivity index (χ0) is 21.9. The molecule has 3 aromatic rings. The monoisotopic (exact) mass is 456 g/mol. The third-order valence-electron chi connectivity index (χ3n) is 3.86. The van der Waals surface area contributed by atoms with Gasteiger partial charge in [-0.2, -0.15) is 13.2 Å². The summed E-state index contributed by atoms with van der Waals surface area (Å²) < 4.78 is 64.8. The normalized spacial score (nSPS) is 12.0. The number of aromatic nitrogens is 2. The van der Waals surface area contributed by atoms with E-state index >= 15 is 0 Å². The average Bonchev–Trinajstić information content (AvgIpc) is 3.15. The predicted octanol–water partition coefficient (Wildman–Crippen LogP) is 3.60. The first kappa shape index (κ1) is 21.9. The van der Waals surface area contributed by atoms with Gasteiger partial charge in [-0.05, 0) is 30.7 Å². The van der Waals surface area contributed by atoms with Gasteiger partial charge in [0.15, 0.2) is 0 Å². The number of nitrogens with zero attached hydrogens (tertiary/aromatic N) is 2. The fourth-order valence-corrected chi connectivity index (χ4v) is 4.38. The van der Waals surface area contributed by atoms with E-state index in [-0.39, 0.29) is 17.2 Å². The summed E-state index contributed by atoms with van der Waals surface area (Å²) in [4.78, 5) is 12.2. The van der Waals surface area contributed by atoms with Crippen molar-refractivity contribution in [1.29, 1.82) is 0 Å². The van der Waals surface area contributed by atoms with Gasteiger partial charge < -0.3 is 0 Å². The molecule has 1 aromatic heterocycles. The molecular formula is C18H15F3N4O3S2. The number of benzene rings is 2. The van der Waals surface area contributed by atoms with Gasteiger partial charge in [0, 0.05) is 12.1 Å². The Hall–Kier alpha value is -2.83. The summed E-state index contributed by atoms with van der Waals surface area (Å²) in [6.45, 7) is 1.46. The lowest BCUT2D eigenvalue weighted by atomic mass is 10.1. The van der Waals surface area contributed by atoms with Gasteiger partial charge in [-0.3, -0.25) is 10.1 Å². The molecule has 0 saturated carbocycles. The Morgan fingerprint density at radius 3 is 2.53 bits per heavy atom. The molecule has 0 fully saturated rings. The minimum absolute atomic E-state index is 0.0269. The van der Waals surface area contributed by atoms with Gasteiger partial charge in [-0.15, -0.1) is 10.2 Å². The molecule has 1 heterocycles. The number of sulfonamides is 1. The SMILES string of the molecule is Cc1cccc(C(=O)Nc2nnc(S(=O)(=O)NCc3cccc(C(F)(F)F)c3)s2)c1. The zero-order valence-corrected chi connectivity index (χ0v) is 17.0. The van der Waals surface area contributed by atoms with Crippen LogP contribution in [0.25, 0.3) is 0 Å². The van der Waals surface area contributed by atoms with Crippen LogP contribution in [0.5, 0.6) is 0 Å². The molecule has 158 valence electrons. The Bertz CT molecular complexity index is 1180. The van der Waals surface area contributed by atoms with Crippen LogP contribution in [-0.4, -0.2) is 24.5 Å². The highest BCUT2D eigenvalue weighted by molar-refractivity contribution is 7.91. The predicted molar refractivity (Wildman–Crippen MR) is 105 cm³/mol. The molecule has 12 heteroatoms. The third-order valence-corrected chi connectivity index (χ3v) is 6.47. The second-order valence-corrected chi connectivity index (χ2v) is 9.14. The summed E-state index contributed by atoms with van der Waals surface area (Å²) in [6.07, 6.45) is -4.53. The molecule has 0 unspecified atom stereocenters. The molecule has 7 nitrogen and oxygen atoms in total. The van der Waals surface area contributed by atoms with E-state index in [0.717, 1.165) is 17.7 Å². The lowest BCUT2D eigenvalue weighted by Crippen LogP contribution is -2.23. The van der Waals surface area contributed by atoms with E-state index in [1.807, 2.05) is 13.0 Å². The molecule has 0 aliphatic rings. The van der Waals surface area contributed by atoms with Crippen molar-refractivity contribution in [1.82, 2.24) is 14.9 Å². The maximum atomic E-state index is 12.8. The van der Waals surface area contributed by atoms with Gasteiger partial charge in [0.25, 0.3) is 15.9 Å². The van der Waals surface area contributed by atoms with Crippen LogP contribution in [0, 0.1) is 6.92 Å². The molecule has 0 spiro atoms. The molecule has 0 radical (unpaired) electrons. The molecule has 0 saturated heterocycles. The summed E-state index contributed by atoms with van der Waals surface area (Å²) in [7, 11) is -4.13. The lowest BCUT2D eigenvalue weighted by Gasteiger charge is -2.09. The van der Waals surface area contributed by atoms with E-state index in [1.54, 1.807) is 18.2 Å². The fraction of sp³-hybridized carbons (Fsp3) is 0.167. The molecule has 0 aliphatic heterocycles. The van der Waals surface area contributed by atoms with Gasteiger partial charge >= 0.3 is 6.18 Å². The van der Waals surface area contributed by atoms with Crippen molar-refractivity contribution in [3.63, 3.8) is 0 Å². The Morgan fingerprint density at radius 2 is 1.83 bits per heavy atom. The van der Waals surface area contributed by atoms with Crippen molar-refractivity contribution < 1.29 is 26.4 Å². The number of anilines is 1. The summed E-state index contributed by atoms with van der Waals surface area (Å²) in [5, 5.41) is 9.62. The quantitative estimate of drug-likeness (QED) is 0.552. The lowest BCUT2D eigenvalue weighted by molar-refractivity contribution is -0.137. The minimum Gasteiger partial charge on any atom is -0.296 e. The van der Waals surface area contributed by atoms with Crippen molar-refractivity contribution in [2.24, 2.45) is 0 Å². The van der Waals surface area contributed by atoms with E-state index in [1.165, 1.54) is 12.1 Å². The molecule has 30 heavy (non-hydrogen) atoms. The standard InChI is InChI=1S/C18H15F3N4O3S2/c1-11-4-2-6-13(8-11)15(26)23-16-24-25-17(29-16)30(27,28)22-10-12-5-3-7-14(9-12)18(19,20)21/h2-9,22H,10H2,1H3,(H,23,24,26). The van der Waals surface area contributed by atoms with E-state index < -0.39 is 32.0 Å². The summed E-state index contributed by atoms with van der Waals surface area (Å²) in [5.74, 6) is -0.476. The number of hydrogen-bond donors (Lipinski definition) is 2. The highest BCUT2D eigenvalue weighted by Gasteiger charge is 2.30. The summed E-state index contributed by atoms with van der Waals surface area (Å²) in [5.41, 5.74) is 0.501. The number of alkyl halides is 3. The maximum Gasteiger partial charge on any atom is 0.416 e. The highest BCUT2D eigenvalue weighted by Crippen LogP contribution is 2.29. The molecule has 0 aliphatic carbocycles. The Balaban J connectivity index is 1.68. The van der Waals surface area contributed by atoms with Crippen LogP contribution in [-0.2, 0) is 22.7 Å². The first-order valence-electron chi connectivity index (χ1n) is 8.42. The van der Waals surface area contributed by atoms with Crippen molar-refractivity contribution >= 4 is 32.4 Å². The fourth-order valence-electron chi connectivity index (χ4n) is 2.42. The highest BCUT2D eigenvalue weighted by atomic mass is 32.2. The number of nitrogens with one attached hydrogen (secondary N) is 2. The maximum absolute atomic E-state index is 12.8. The van der Waals surface area contributed by atoms with Crippen LogP contribution in [0.2, 0.25) is 0 Å². The average molecular weight is 456 g/mol. The van der Waals surface area contributed by atoms with E-state index in [2.05, 4.69) is 20.2 Å². The Morgan fingerprint density at radius 1 is 1.10 bits per heavy atom. The van der Waals surface area contributed by atoms with Crippen molar-refractivity contribution in [2.45, 2.75) is 24.0 Å². The minimum atomic E-state index is -4.53. The van der Waals surface area contributed by atoms with E-state index in [0.29, 0.717) is 16.9 Å². The second kappa shape index (κ2) is 8.50. The van der Waals surface area contributed by atoms with Gasteiger partial charge in [0.05, 0.1) is 5.56 Å². The van der Waals surface area contributed by atoms with E-state index in [4.69, 9.17) is 0 Å². The molecule has 3 rings (SSSR count). The van der Waals surface area contributed by atoms with Gasteiger partial charge in [-0.1, -0.05) is 47.2 Å². The first-order chi connectivity index (χ1) is 14.0. The number of carbonyl (C=O) groups is 1. The van der Waals surface area contributed by atoms with Crippen LogP contribution in [0.15, 0.2) is 52.9 Å². The number of rotatable bonds is 6. The van der Waals surface area contributed by atoms with Crippen LogP contribution < -0.4 is 10.0 Å². The van der Waals surface area contributed by atoms with Crippen molar-refractivity contribution in [2.75, 3.05) is 5.32 Å². The van der Waals surface area contributed by atoms with Gasteiger partial charge in [0.2, 0.25) is 9.47 Å². The van der Waals surface area contributed by atoms with Gasteiger partial charge in [0.1, 0.15) is 0 Å². The number of amides is 1. The van der Waals surface area contributed by atoms with Gasteiger partial charge in [-0.25, -0.2) is 13.1 Å². The largest absolute Gasteiger partial charge is 0.416 e. The molecule has 2 aromatic carbocycles. The summed E-state index contributed by atoms with van der Waals surface area (Å²) in [6, 6.07) is 11.1. The molecular weight excluding hydrogens is 441 g/mol. The van der Waals surface area contributed by atoms with Crippen LogP contribution in [0.4, 0.5) is 18.3 Å². The number of carbonyl (C=O) groups excluding carboxylic acids is 1. The zero-order valence-electron chi connectivity index (χ0n) is 15.4. The smallest absolute Gasteiger partial charge is 0.296 e. The third kappa shape index (κ3) is 5.40. The molecule has 0 bridgehead atoms. The second-order valence-electron chi connectivity index (χ2n) is 6.22. The molecule has 1 amide bonds.